The number of halogens is 1. The van der Waals surface area contributed by atoms with Gasteiger partial charge in [0.15, 0.2) is 5.75 Å². The number of phenols is 1. The molecule has 0 heterocycles. The molecule has 2 amide bonds. The molecule has 0 aromatic heterocycles. The second-order valence-electron chi connectivity index (χ2n) is 5.79. The van der Waals surface area contributed by atoms with Gasteiger partial charge in [-0.1, -0.05) is 30.9 Å². The summed E-state index contributed by atoms with van der Waals surface area (Å²) in [5.74, 6) is -0.531. The Balaban J connectivity index is 2.09. The molecular formula is C15H22ClN3O4S. The van der Waals surface area contributed by atoms with E-state index in [-0.39, 0.29) is 34.3 Å². The lowest BCUT2D eigenvalue weighted by Crippen LogP contribution is -2.39. The minimum Gasteiger partial charge on any atom is -0.504 e. The van der Waals surface area contributed by atoms with Gasteiger partial charge in [-0.05, 0) is 31.9 Å². The lowest BCUT2D eigenvalue weighted by molar-refractivity contribution is 0.244. The fourth-order valence-electron chi connectivity index (χ4n) is 2.59. The van der Waals surface area contributed by atoms with E-state index < -0.39 is 10.0 Å². The topological polar surface area (TPSA) is 108 Å². The predicted octanol–water partition coefficient (Wildman–Crippen LogP) is 3.26. The Morgan fingerprint density at radius 2 is 1.96 bits per heavy atom. The van der Waals surface area contributed by atoms with Crippen molar-refractivity contribution < 1.29 is 18.3 Å². The van der Waals surface area contributed by atoms with E-state index in [2.05, 4.69) is 15.4 Å². The summed E-state index contributed by atoms with van der Waals surface area (Å²) >= 11 is 5.91. The molecule has 0 atom stereocenters. The van der Waals surface area contributed by atoms with Crippen molar-refractivity contribution >= 4 is 39.0 Å². The quantitative estimate of drug-likeness (QED) is 0.468. The Kier molecular flexibility index (Phi) is 6.17. The number of anilines is 2. The van der Waals surface area contributed by atoms with Crippen LogP contribution in [0, 0.1) is 0 Å². The summed E-state index contributed by atoms with van der Waals surface area (Å²) in [6.07, 6.45) is 5.28. The molecule has 0 radical (unpaired) electrons. The van der Waals surface area contributed by atoms with E-state index in [4.69, 9.17) is 11.6 Å². The minimum atomic E-state index is -3.58. The highest BCUT2D eigenvalue weighted by molar-refractivity contribution is 7.92. The van der Waals surface area contributed by atoms with Crippen molar-refractivity contribution in [1.82, 2.24) is 5.32 Å². The van der Waals surface area contributed by atoms with Crippen molar-refractivity contribution in [3.8, 4) is 5.75 Å². The molecule has 2 rings (SSSR count). The zero-order chi connectivity index (χ0) is 17.7. The first-order valence-electron chi connectivity index (χ1n) is 7.91. The molecule has 1 fully saturated rings. The molecule has 0 bridgehead atoms. The molecule has 0 aliphatic heterocycles. The van der Waals surface area contributed by atoms with Crippen molar-refractivity contribution in [3.63, 3.8) is 0 Å². The van der Waals surface area contributed by atoms with Crippen molar-refractivity contribution in [2.45, 2.75) is 45.1 Å². The number of hydrogen-bond donors (Lipinski definition) is 4. The molecule has 1 aromatic rings. The molecule has 0 saturated heterocycles. The third-order valence-corrected chi connectivity index (χ3v) is 5.49. The Bertz CT molecular complexity index is 703. The molecule has 134 valence electrons. The number of benzene rings is 1. The average Bonchev–Trinajstić information content (AvgIpc) is 2.52. The molecule has 0 unspecified atom stereocenters. The van der Waals surface area contributed by atoms with Crippen LogP contribution in [0.15, 0.2) is 12.1 Å². The fraction of sp³-hybridized carbons (Fsp3) is 0.533. The molecule has 1 aliphatic rings. The number of nitrogens with one attached hydrogen (secondary N) is 3. The Morgan fingerprint density at radius 1 is 1.29 bits per heavy atom. The van der Waals surface area contributed by atoms with Gasteiger partial charge < -0.3 is 15.7 Å². The number of phenolic OH excluding ortho intramolecular Hbond substituents is 1. The Labute approximate surface area is 146 Å². The summed E-state index contributed by atoms with van der Waals surface area (Å²) in [5.41, 5.74) is 0.220. The number of sulfonamides is 1. The lowest BCUT2D eigenvalue weighted by Gasteiger charge is -2.23. The number of urea groups is 1. The maximum absolute atomic E-state index is 12.1. The monoisotopic (exact) mass is 375 g/mol. The van der Waals surface area contributed by atoms with Gasteiger partial charge >= 0.3 is 6.03 Å². The summed E-state index contributed by atoms with van der Waals surface area (Å²) in [5, 5.41) is 15.3. The SMILES string of the molecule is CCS(=O)(=O)Nc1cc(NC(=O)NC2CCCCC2)cc(Cl)c1O. The molecule has 9 heteroatoms. The number of carbonyl (C=O) groups is 1. The molecule has 1 aromatic carbocycles. The van der Waals surface area contributed by atoms with Crippen LogP contribution in [0.5, 0.6) is 5.75 Å². The van der Waals surface area contributed by atoms with Gasteiger partial charge in [-0.3, -0.25) is 4.72 Å². The zero-order valence-electron chi connectivity index (χ0n) is 13.4. The van der Waals surface area contributed by atoms with Crippen LogP contribution < -0.4 is 15.4 Å². The van der Waals surface area contributed by atoms with Gasteiger partial charge in [-0.25, -0.2) is 13.2 Å². The highest BCUT2D eigenvalue weighted by Crippen LogP contribution is 2.35. The van der Waals surface area contributed by atoms with Gasteiger partial charge in [0.2, 0.25) is 10.0 Å². The highest BCUT2D eigenvalue weighted by Gasteiger charge is 2.18. The minimum absolute atomic E-state index is 0.0562. The Morgan fingerprint density at radius 3 is 2.58 bits per heavy atom. The molecular weight excluding hydrogens is 354 g/mol. The van der Waals surface area contributed by atoms with E-state index in [1.165, 1.54) is 25.5 Å². The lowest BCUT2D eigenvalue weighted by atomic mass is 9.96. The molecule has 1 aliphatic carbocycles. The van der Waals surface area contributed by atoms with Crippen LogP contribution in [0.3, 0.4) is 0 Å². The summed E-state index contributed by atoms with van der Waals surface area (Å²) in [6, 6.07) is 2.45. The van der Waals surface area contributed by atoms with Crippen molar-refractivity contribution in [2.24, 2.45) is 0 Å². The van der Waals surface area contributed by atoms with Crippen LogP contribution in [0.25, 0.3) is 0 Å². The van der Waals surface area contributed by atoms with E-state index in [1.807, 2.05) is 0 Å². The van der Waals surface area contributed by atoms with Crippen molar-refractivity contribution in [3.05, 3.63) is 17.2 Å². The fourth-order valence-corrected chi connectivity index (χ4v) is 3.44. The summed E-state index contributed by atoms with van der Waals surface area (Å²) in [6.45, 7) is 1.47. The van der Waals surface area contributed by atoms with E-state index in [9.17, 15) is 18.3 Å². The first kappa shape index (κ1) is 18.7. The van der Waals surface area contributed by atoms with Crippen LogP contribution in [0.2, 0.25) is 5.02 Å². The zero-order valence-corrected chi connectivity index (χ0v) is 15.0. The second kappa shape index (κ2) is 7.94. The van der Waals surface area contributed by atoms with Gasteiger partial charge in [0.1, 0.15) is 0 Å². The maximum atomic E-state index is 12.1. The van der Waals surface area contributed by atoms with Gasteiger partial charge in [-0.15, -0.1) is 0 Å². The Hall–Kier alpha value is -1.67. The standard InChI is InChI=1S/C15H22ClN3O4S/c1-2-24(22,23)19-13-9-11(8-12(16)14(13)20)18-15(21)17-10-6-4-3-5-7-10/h8-10,19-20H,2-7H2,1H3,(H2,17,18,21). The first-order chi connectivity index (χ1) is 11.3. The predicted molar refractivity (Wildman–Crippen MR) is 95.2 cm³/mol. The van der Waals surface area contributed by atoms with Crippen LogP contribution in [0.1, 0.15) is 39.0 Å². The van der Waals surface area contributed by atoms with Crippen LogP contribution >= 0.6 is 11.6 Å². The summed E-state index contributed by atoms with van der Waals surface area (Å²) < 4.78 is 25.6. The molecule has 1 saturated carbocycles. The summed E-state index contributed by atoms with van der Waals surface area (Å²) in [4.78, 5) is 12.1. The average molecular weight is 376 g/mol. The van der Waals surface area contributed by atoms with Crippen LogP contribution in [-0.4, -0.2) is 31.4 Å². The normalized spacial score (nSPS) is 15.8. The molecule has 4 N–H and O–H groups in total. The smallest absolute Gasteiger partial charge is 0.319 e. The van der Waals surface area contributed by atoms with E-state index in [1.54, 1.807) is 0 Å². The van der Waals surface area contributed by atoms with Gasteiger partial charge in [0.05, 0.1) is 16.5 Å². The van der Waals surface area contributed by atoms with Crippen LogP contribution in [0.4, 0.5) is 16.2 Å². The highest BCUT2D eigenvalue weighted by atomic mass is 35.5. The molecule has 7 nitrogen and oxygen atoms in total. The van der Waals surface area contributed by atoms with Gasteiger partial charge in [0, 0.05) is 11.7 Å². The van der Waals surface area contributed by atoms with Crippen molar-refractivity contribution in [1.29, 1.82) is 0 Å². The van der Waals surface area contributed by atoms with Crippen LogP contribution in [-0.2, 0) is 10.0 Å². The summed E-state index contributed by atoms with van der Waals surface area (Å²) in [7, 11) is -3.58. The van der Waals surface area contributed by atoms with E-state index in [0.717, 1.165) is 25.7 Å². The van der Waals surface area contributed by atoms with E-state index in [0.29, 0.717) is 5.69 Å². The number of aromatic hydroxyl groups is 1. The van der Waals surface area contributed by atoms with E-state index >= 15 is 0 Å². The van der Waals surface area contributed by atoms with Crippen molar-refractivity contribution in [2.75, 3.05) is 15.8 Å². The third kappa shape index (κ3) is 5.17. The third-order valence-electron chi connectivity index (χ3n) is 3.91. The number of hydrogen-bond acceptors (Lipinski definition) is 4. The molecule has 0 spiro atoms. The second-order valence-corrected chi connectivity index (χ2v) is 8.21. The number of amides is 2. The molecule has 24 heavy (non-hydrogen) atoms. The number of rotatable bonds is 5. The first-order valence-corrected chi connectivity index (χ1v) is 9.94. The number of carbonyl (C=O) groups excluding carboxylic acids is 1. The maximum Gasteiger partial charge on any atom is 0.319 e. The van der Waals surface area contributed by atoms with Gasteiger partial charge in [-0.2, -0.15) is 0 Å². The van der Waals surface area contributed by atoms with Gasteiger partial charge in [0.25, 0.3) is 0 Å². The largest absolute Gasteiger partial charge is 0.504 e.